The molecule has 8 heteroatoms. The first kappa shape index (κ1) is 21.9. The summed E-state index contributed by atoms with van der Waals surface area (Å²) >= 11 is 0. The summed E-state index contributed by atoms with van der Waals surface area (Å²) < 4.78 is 16.0. The summed E-state index contributed by atoms with van der Waals surface area (Å²) in [6.07, 6.45) is 0. The van der Waals surface area contributed by atoms with E-state index in [2.05, 4.69) is 20.9 Å². The molecule has 2 aromatic rings. The minimum Gasteiger partial charge on any atom is -0.497 e. The molecule has 0 aromatic heterocycles. The van der Waals surface area contributed by atoms with Crippen LogP contribution in [0.4, 0.5) is 5.69 Å². The molecule has 2 rings (SSSR count). The lowest BCUT2D eigenvalue weighted by molar-refractivity contribution is 0.0954. The number of ether oxygens (including phenoxy) is 3. The van der Waals surface area contributed by atoms with Gasteiger partial charge in [0.15, 0.2) is 17.5 Å². The highest BCUT2D eigenvalue weighted by atomic mass is 16.5. The topological polar surface area (TPSA) is 93.2 Å². The number of benzene rings is 2. The summed E-state index contributed by atoms with van der Waals surface area (Å²) in [7, 11) is 4.85. The van der Waals surface area contributed by atoms with Crippen LogP contribution >= 0.6 is 0 Å². The predicted octanol–water partition coefficient (Wildman–Crippen LogP) is 2.52. The molecule has 0 aliphatic heterocycles. The first-order valence-electron chi connectivity index (χ1n) is 9.32. The van der Waals surface area contributed by atoms with Crippen LogP contribution in [0.15, 0.2) is 47.5 Å². The van der Waals surface area contributed by atoms with Gasteiger partial charge in [0.05, 0.1) is 20.8 Å². The number of hydrogen-bond donors (Lipinski definition) is 3. The third-order valence-corrected chi connectivity index (χ3v) is 3.98. The first-order valence-corrected chi connectivity index (χ1v) is 9.32. The minimum absolute atomic E-state index is 0.162. The van der Waals surface area contributed by atoms with Crippen LogP contribution in [0.2, 0.25) is 0 Å². The fourth-order valence-corrected chi connectivity index (χ4v) is 2.56. The molecule has 156 valence electrons. The van der Waals surface area contributed by atoms with E-state index in [4.69, 9.17) is 14.2 Å². The molecular weight excluding hydrogens is 372 g/mol. The molecule has 0 saturated heterocycles. The summed E-state index contributed by atoms with van der Waals surface area (Å²) in [5.41, 5.74) is 1.36. The van der Waals surface area contributed by atoms with E-state index in [1.807, 2.05) is 25.1 Å². The zero-order valence-corrected chi connectivity index (χ0v) is 17.2. The van der Waals surface area contributed by atoms with Crippen LogP contribution in [0.3, 0.4) is 0 Å². The quantitative estimate of drug-likeness (QED) is 0.340. The van der Waals surface area contributed by atoms with Crippen molar-refractivity contribution in [3.8, 4) is 17.2 Å². The summed E-state index contributed by atoms with van der Waals surface area (Å²) in [4.78, 5) is 16.4. The van der Waals surface area contributed by atoms with Gasteiger partial charge in [-0.2, -0.15) is 0 Å². The molecule has 0 spiro atoms. The molecule has 0 aliphatic carbocycles. The Hall–Kier alpha value is -3.42. The highest BCUT2D eigenvalue weighted by Crippen LogP contribution is 2.30. The lowest BCUT2D eigenvalue weighted by atomic mass is 10.2. The summed E-state index contributed by atoms with van der Waals surface area (Å²) in [5, 5.41) is 9.20. The Bertz CT molecular complexity index is 839. The summed E-state index contributed by atoms with van der Waals surface area (Å²) in [5.74, 6) is 2.38. The van der Waals surface area contributed by atoms with Gasteiger partial charge in [0, 0.05) is 37.5 Å². The molecule has 0 heterocycles. The van der Waals surface area contributed by atoms with E-state index in [9.17, 15) is 4.79 Å². The van der Waals surface area contributed by atoms with Crippen LogP contribution in [-0.2, 0) is 0 Å². The van der Waals surface area contributed by atoms with Gasteiger partial charge < -0.3 is 30.2 Å². The number of nitrogens with one attached hydrogen (secondary N) is 3. The number of methoxy groups -OCH3 is 2. The van der Waals surface area contributed by atoms with Crippen molar-refractivity contribution in [3.63, 3.8) is 0 Å². The van der Waals surface area contributed by atoms with Gasteiger partial charge in [-0.05, 0) is 37.3 Å². The van der Waals surface area contributed by atoms with Gasteiger partial charge in [0.1, 0.15) is 5.75 Å². The standard InChI is InChI=1S/C21H28N4O4/c1-5-29-19-14-16(9-10-18(19)28-4)25-21(22-2)24-12-11-23-20(26)15-7-6-8-17(13-15)27-3/h6-10,13-14H,5,11-12H2,1-4H3,(H,23,26)(H2,22,24,25). The van der Waals surface area contributed by atoms with E-state index in [-0.39, 0.29) is 5.91 Å². The molecule has 0 unspecified atom stereocenters. The van der Waals surface area contributed by atoms with Gasteiger partial charge in [-0.1, -0.05) is 6.07 Å². The van der Waals surface area contributed by atoms with Crippen molar-refractivity contribution < 1.29 is 19.0 Å². The van der Waals surface area contributed by atoms with Crippen LogP contribution in [0.1, 0.15) is 17.3 Å². The average molecular weight is 400 g/mol. The SMILES string of the molecule is CCOc1cc(NC(=NC)NCCNC(=O)c2cccc(OC)c2)ccc1OC. The maximum absolute atomic E-state index is 12.2. The molecular formula is C21H28N4O4. The molecule has 0 saturated carbocycles. The number of hydrogen-bond acceptors (Lipinski definition) is 5. The summed E-state index contributed by atoms with van der Waals surface area (Å²) in [6, 6.07) is 12.6. The van der Waals surface area contributed by atoms with Crippen molar-refractivity contribution in [2.45, 2.75) is 6.92 Å². The number of aliphatic imine (C=N–C) groups is 1. The highest BCUT2D eigenvalue weighted by Gasteiger charge is 2.08. The summed E-state index contributed by atoms with van der Waals surface area (Å²) in [6.45, 7) is 3.40. The molecule has 0 aliphatic rings. The molecule has 8 nitrogen and oxygen atoms in total. The van der Waals surface area contributed by atoms with Gasteiger partial charge in [-0.15, -0.1) is 0 Å². The first-order chi connectivity index (χ1) is 14.1. The van der Waals surface area contributed by atoms with Gasteiger partial charge in [0.25, 0.3) is 5.91 Å². The lowest BCUT2D eigenvalue weighted by Crippen LogP contribution is -2.37. The zero-order chi connectivity index (χ0) is 21.1. The fourth-order valence-electron chi connectivity index (χ4n) is 2.56. The Balaban J connectivity index is 1.85. The van der Waals surface area contributed by atoms with Crippen LogP contribution in [0.5, 0.6) is 17.2 Å². The Labute approximate surface area is 171 Å². The maximum atomic E-state index is 12.2. The molecule has 2 aromatic carbocycles. The molecule has 0 fully saturated rings. The second-order valence-electron chi connectivity index (χ2n) is 5.91. The smallest absolute Gasteiger partial charge is 0.251 e. The number of amides is 1. The number of carbonyl (C=O) groups excluding carboxylic acids is 1. The number of carbonyl (C=O) groups is 1. The van der Waals surface area contributed by atoms with Crippen LogP contribution in [-0.4, -0.2) is 52.8 Å². The molecule has 29 heavy (non-hydrogen) atoms. The third-order valence-electron chi connectivity index (χ3n) is 3.98. The molecule has 0 radical (unpaired) electrons. The van der Waals surface area contributed by atoms with Gasteiger partial charge >= 0.3 is 0 Å². The Morgan fingerprint density at radius 3 is 2.48 bits per heavy atom. The van der Waals surface area contributed by atoms with Crippen molar-refractivity contribution in [2.75, 3.05) is 46.3 Å². The number of nitrogens with zero attached hydrogens (tertiary/aromatic N) is 1. The average Bonchev–Trinajstić information content (AvgIpc) is 2.76. The monoisotopic (exact) mass is 400 g/mol. The van der Waals surface area contributed by atoms with Gasteiger partial charge in [-0.25, -0.2) is 0 Å². The fraction of sp³-hybridized carbons (Fsp3) is 0.333. The molecule has 1 amide bonds. The molecule has 0 bridgehead atoms. The Kier molecular flexibility index (Phi) is 8.62. The van der Waals surface area contributed by atoms with Crippen molar-refractivity contribution in [3.05, 3.63) is 48.0 Å². The van der Waals surface area contributed by atoms with Gasteiger partial charge in [-0.3, -0.25) is 9.79 Å². The number of anilines is 1. The largest absolute Gasteiger partial charge is 0.497 e. The maximum Gasteiger partial charge on any atom is 0.251 e. The van der Waals surface area contributed by atoms with Crippen molar-refractivity contribution in [1.29, 1.82) is 0 Å². The van der Waals surface area contributed by atoms with E-state index < -0.39 is 0 Å². The Morgan fingerprint density at radius 2 is 1.79 bits per heavy atom. The van der Waals surface area contributed by atoms with Crippen molar-refractivity contribution >= 4 is 17.6 Å². The molecule has 0 atom stereocenters. The second-order valence-corrected chi connectivity index (χ2v) is 5.91. The number of rotatable bonds is 9. The van der Waals surface area contributed by atoms with Crippen LogP contribution in [0.25, 0.3) is 0 Å². The normalized spacial score (nSPS) is 10.8. The third kappa shape index (κ3) is 6.60. The van der Waals surface area contributed by atoms with Gasteiger partial charge in [0.2, 0.25) is 0 Å². The van der Waals surface area contributed by atoms with E-state index in [1.54, 1.807) is 45.5 Å². The van der Waals surface area contributed by atoms with Crippen molar-refractivity contribution in [2.24, 2.45) is 4.99 Å². The predicted molar refractivity (Wildman–Crippen MR) is 114 cm³/mol. The van der Waals surface area contributed by atoms with E-state index in [1.165, 1.54) is 0 Å². The van der Waals surface area contributed by atoms with E-state index in [0.29, 0.717) is 48.5 Å². The number of guanidine groups is 1. The Morgan fingerprint density at radius 1 is 1.00 bits per heavy atom. The van der Waals surface area contributed by atoms with E-state index in [0.717, 1.165) is 5.69 Å². The highest BCUT2D eigenvalue weighted by molar-refractivity contribution is 5.95. The van der Waals surface area contributed by atoms with Crippen molar-refractivity contribution in [1.82, 2.24) is 10.6 Å². The van der Waals surface area contributed by atoms with Crippen LogP contribution < -0.4 is 30.2 Å². The lowest BCUT2D eigenvalue weighted by Gasteiger charge is -2.15. The van der Waals surface area contributed by atoms with Crippen LogP contribution in [0, 0.1) is 0 Å². The zero-order valence-electron chi connectivity index (χ0n) is 17.2. The minimum atomic E-state index is -0.162. The van der Waals surface area contributed by atoms with E-state index >= 15 is 0 Å². The molecule has 3 N–H and O–H groups in total. The second kappa shape index (κ2) is 11.4.